The third-order valence-electron chi connectivity index (χ3n) is 6.95. The second-order valence-corrected chi connectivity index (χ2v) is 9.39. The maximum atomic E-state index is 12.9. The smallest absolute Gasteiger partial charge is 0.255 e. The van der Waals surface area contributed by atoms with Gasteiger partial charge in [0.15, 0.2) is 0 Å². The van der Waals surface area contributed by atoms with E-state index in [2.05, 4.69) is 10.2 Å². The van der Waals surface area contributed by atoms with E-state index in [-0.39, 0.29) is 24.0 Å². The lowest BCUT2D eigenvalue weighted by molar-refractivity contribution is -0.132. The Hall–Kier alpha value is -2.03. The van der Waals surface area contributed by atoms with Gasteiger partial charge in [-0.05, 0) is 44.2 Å². The van der Waals surface area contributed by atoms with E-state index in [0.717, 1.165) is 58.4 Å². The van der Waals surface area contributed by atoms with Crippen LogP contribution in [-0.4, -0.2) is 80.7 Å². The van der Waals surface area contributed by atoms with Gasteiger partial charge < -0.3 is 30.3 Å². The molecular formula is C24H37ClN4O4. The summed E-state index contributed by atoms with van der Waals surface area (Å²) in [6.07, 6.45) is 4.59. The van der Waals surface area contributed by atoms with Crippen LogP contribution in [0.2, 0.25) is 5.02 Å². The molecule has 9 heteroatoms. The normalized spacial score (nSPS) is 22.2. The molecule has 2 aliphatic rings. The molecule has 0 spiro atoms. The van der Waals surface area contributed by atoms with Crippen molar-refractivity contribution in [2.24, 2.45) is 5.92 Å². The molecule has 8 nitrogen and oxygen atoms in total. The van der Waals surface area contributed by atoms with Gasteiger partial charge in [0.1, 0.15) is 5.75 Å². The van der Waals surface area contributed by atoms with Crippen molar-refractivity contribution in [3.05, 3.63) is 22.7 Å². The largest absolute Gasteiger partial charge is 0.496 e. The van der Waals surface area contributed by atoms with Gasteiger partial charge in [-0.2, -0.15) is 0 Å². The highest BCUT2D eigenvalue weighted by Gasteiger charge is 2.32. The van der Waals surface area contributed by atoms with Crippen molar-refractivity contribution in [1.29, 1.82) is 0 Å². The van der Waals surface area contributed by atoms with Crippen molar-refractivity contribution in [2.75, 3.05) is 52.7 Å². The Morgan fingerprint density at radius 2 is 1.91 bits per heavy atom. The molecule has 1 aromatic rings. The van der Waals surface area contributed by atoms with Crippen molar-refractivity contribution in [2.45, 2.75) is 51.2 Å². The molecule has 2 amide bonds. The van der Waals surface area contributed by atoms with Crippen LogP contribution in [0.5, 0.6) is 5.75 Å². The zero-order valence-corrected chi connectivity index (χ0v) is 20.7. The zero-order chi connectivity index (χ0) is 24.0. The SMILES string of the molecule is CCC(=O)N1CCC(CCN2CCC(NC(=O)c3cc(Cl)c(N)cc3OC)C(OC)C2)CC1. The number of hydrogen-bond donors (Lipinski definition) is 2. The molecule has 0 bridgehead atoms. The van der Waals surface area contributed by atoms with Crippen LogP contribution in [0.4, 0.5) is 5.69 Å². The highest BCUT2D eigenvalue weighted by molar-refractivity contribution is 6.33. The minimum Gasteiger partial charge on any atom is -0.496 e. The van der Waals surface area contributed by atoms with Gasteiger partial charge in [-0.25, -0.2) is 0 Å². The van der Waals surface area contributed by atoms with Crippen molar-refractivity contribution >= 4 is 29.1 Å². The van der Waals surface area contributed by atoms with E-state index in [1.54, 1.807) is 19.2 Å². The van der Waals surface area contributed by atoms with Crippen LogP contribution >= 0.6 is 11.6 Å². The van der Waals surface area contributed by atoms with Crippen LogP contribution in [0.3, 0.4) is 0 Å². The molecule has 3 rings (SSSR count). The molecule has 1 aromatic carbocycles. The summed E-state index contributed by atoms with van der Waals surface area (Å²) in [4.78, 5) is 29.2. The van der Waals surface area contributed by atoms with Gasteiger partial charge in [0.25, 0.3) is 5.91 Å². The van der Waals surface area contributed by atoms with Gasteiger partial charge in [-0.1, -0.05) is 18.5 Å². The van der Waals surface area contributed by atoms with Gasteiger partial charge in [0.05, 0.1) is 35.5 Å². The number of carbonyl (C=O) groups is 2. The molecule has 2 aliphatic heterocycles. The number of nitrogens with zero attached hydrogens (tertiary/aromatic N) is 2. The van der Waals surface area contributed by atoms with Crippen LogP contribution in [0.25, 0.3) is 0 Å². The van der Waals surface area contributed by atoms with Gasteiger partial charge in [0.2, 0.25) is 5.91 Å². The van der Waals surface area contributed by atoms with Crippen molar-refractivity contribution in [3.63, 3.8) is 0 Å². The molecule has 0 saturated carbocycles. The number of anilines is 1. The van der Waals surface area contributed by atoms with Gasteiger partial charge in [0, 0.05) is 45.8 Å². The first-order valence-electron chi connectivity index (χ1n) is 11.8. The Labute approximate surface area is 201 Å². The predicted molar refractivity (Wildman–Crippen MR) is 130 cm³/mol. The summed E-state index contributed by atoms with van der Waals surface area (Å²) in [5, 5.41) is 3.42. The van der Waals surface area contributed by atoms with E-state index in [1.807, 2.05) is 11.8 Å². The molecule has 33 heavy (non-hydrogen) atoms. The number of ether oxygens (including phenoxy) is 2. The lowest BCUT2D eigenvalue weighted by atomic mass is 9.92. The van der Waals surface area contributed by atoms with E-state index in [1.165, 1.54) is 7.11 Å². The third-order valence-corrected chi connectivity index (χ3v) is 7.28. The first kappa shape index (κ1) is 25.6. The predicted octanol–water partition coefficient (Wildman–Crippen LogP) is 2.79. The molecule has 2 atom stereocenters. The number of hydrogen-bond acceptors (Lipinski definition) is 6. The Bertz CT molecular complexity index is 829. The average Bonchev–Trinajstić information content (AvgIpc) is 2.84. The third kappa shape index (κ3) is 6.52. The average molecular weight is 481 g/mol. The number of nitrogen functional groups attached to an aromatic ring is 1. The summed E-state index contributed by atoms with van der Waals surface area (Å²) in [7, 11) is 3.19. The summed E-state index contributed by atoms with van der Waals surface area (Å²) in [5.74, 6) is 1.07. The zero-order valence-electron chi connectivity index (χ0n) is 19.9. The quantitative estimate of drug-likeness (QED) is 0.555. The van der Waals surface area contributed by atoms with Crippen LogP contribution in [0.15, 0.2) is 12.1 Å². The summed E-state index contributed by atoms with van der Waals surface area (Å²) >= 11 is 6.12. The molecule has 2 fully saturated rings. The highest BCUT2D eigenvalue weighted by atomic mass is 35.5. The van der Waals surface area contributed by atoms with E-state index >= 15 is 0 Å². The van der Waals surface area contributed by atoms with Gasteiger partial charge in [-0.15, -0.1) is 0 Å². The second kappa shape index (κ2) is 11.9. The second-order valence-electron chi connectivity index (χ2n) is 8.98. The van der Waals surface area contributed by atoms with Crippen LogP contribution in [-0.2, 0) is 9.53 Å². The number of rotatable bonds is 8. The van der Waals surface area contributed by atoms with Crippen LogP contribution in [0, 0.1) is 5.92 Å². The summed E-state index contributed by atoms with van der Waals surface area (Å²) in [6.45, 7) is 6.36. The molecule has 2 saturated heterocycles. The van der Waals surface area contributed by atoms with Crippen molar-refractivity contribution < 1.29 is 19.1 Å². The van der Waals surface area contributed by atoms with Crippen LogP contribution < -0.4 is 15.8 Å². The first-order valence-corrected chi connectivity index (χ1v) is 12.2. The Balaban J connectivity index is 1.49. The maximum absolute atomic E-state index is 12.9. The first-order chi connectivity index (χ1) is 15.9. The number of carbonyl (C=O) groups excluding carboxylic acids is 2. The summed E-state index contributed by atoms with van der Waals surface area (Å²) in [6, 6.07) is 3.01. The molecule has 184 valence electrons. The molecular weight excluding hydrogens is 444 g/mol. The lowest BCUT2D eigenvalue weighted by Gasteiger charge is -2.39. The minimum absolute atomic E-state index is 0.0944. The van der Waals surface area contributed by atoms with Crippen molar-refractivity contribution in [1.82, 2.24) is 15.1 Å². The molecule has 0 aromatic heterocycles. The molecule has 2 heterocycles. The fraction of sp³-hybridized carbons (Fsp3) is 0.667. The number of benzene rings is 1. The minimum atomic E-state index is -0.248. The number of likely N-dealkylation sites (tertiary alicyclic amines) is 2. The fourth-order valence-electron chi connectivity index (χ4n) is 4.81. The number of piperidine rings is 2. The number of methoxy groups -OCH3 is 2. The molecule has 3 N–H and O–H groups in total. The monoisotopic (exact) mass is 480 g/mol. The molecule has 0 aliphatic carbocycles. The summed E-state index contributed by atoms with van der Waals surface area (Å²) in [5.41, 5.74) is 6.56. The standard InChI is InChI=1S/C24H37ClN4O4/c1-4-23(30)29-11-6-16(7-12-29)5-9-28-10-8-20(22(15-28)33-3)27-24(31)17-13-18(25)19(26)14-21(17)32-2/h13-14,16,20,22H,4-12,15,26H2,1-3H3,(H,27,31). The van der Waals surface area contributed by atoms with Crippen molar-refractivity contribution in [3.8, 4) is 5.75 Å². The topological polar surface area (TPSA) is 97.1 Å². The number of amides is 2. The lowest BCUT2D eigenvalue weighted by Crippen LogP contribution is -2.55. The molecule has 2 unspecified atom stereocenters. The Morgan fingerprint density at radius 1 is 1.18 bits per heavy atom. The van der Waals surface area contributed by atoms with E-state index in [0.29, 0.717) is 34.4 Å². The van der Waals surface area contributed by atoms with E-state index < -0.39 is 0 Å². The number of nitrogens with one attached hydrogen (secondary N) is 1. The number of nitrogens with two attached hydrogens (primary N) is 1. The van der Waals surface area contributed by atoms with E-state index in [9.17, 15) is 9.59 Å². The highest BCUT2D eigenvalue weighted by Crippen LogP contribution is 2.29. The Morgan fingerprint density at radius 3 is 2.55 bits per heavy atom. The maximum Gasteiger partial charge on any atom is 0.255 e. The fourth-order valence-corrected chi connectivity index (χ4v) is 4.97. The van der Waals surface area contributed by atoms with Crippen LogP contribution in [0.1, 0.15) is 49.4 Å². The van der Waals surface area contributed by atoms with E-state index in [4.69, 9.17) is 26.8 Å². The van der Waals surface area contributed by atoms with Gasteiger partial charge >= 0.3 is 0 Å². The summed E-state index contributed by atoms with van der Waals surface area (Å²) < 4.78 is 11.1. The number of halogens is 1. The molecule has 0 radical (unpaired) electrons. The Kier molecular flexibility index (Phi) is 9.23. The van der Waals surface area contributed by atoms with Gasteiger partial charge in [-0.3, -0.25) is 9.59 Å².